The van der Waals surface area contributed by atoms with Crippen molar-refractivity contribution in [1.29, 1.82) is 0 Å². The summed E-state index contributed by atoms with van der Waals surface area (Å²) < 4.78 is 13.0. The molecule has 0 bridgehead atoms. The summed E-state index contributed by atoms with van der Waals surface area (Å²) in [5.74, 6) is -0.292. The molecule has 1 N–H and O–H groups in total. The van der Waals surface area contributed by atoms with Crippen LogP contribution in [0.3, 0.4) is 0 Å². The fourth-order valence-electron chi connectivity index (χ4n) is 1.83. The van der Waals surface area contributed by atoms with Gasteiger partial charge in [0.25, 0.3) is 0 Å². The maximum atomic E-state index is 13.0. The van der Waals surface area contributed by atoms with Crippen molar-refractivity contribution < 1.29 is 9.18 Å². The number of rotatable bonds is 5. The third-order valence-corrected chi connectivity index (χ3v) is 3.30. The molecule has 0 heterocycles. The summed E-state index contributed by atoms with van der Waals surface area (Å²) in [5.41, 5.74) is 2.51. The number of Topliss-reactive ketones (excluding diaryl/α,β-unsaturated/α-hetero) is 1. The number of anilines is 1. The Kier molecular flexibility index (Phi) is 4.74. The third-order valence-electron chi connectivity index (χ3n) is 3.01. The average Bonchev–Trinajstić information content (AvgIpc) is 2.48. The van der Waals surface area contributed by atoms with Crippen molar-refractivity contribution in [2.75, 3.05) is 5.32 Å². The van der Waals surface area contributed by atoms with Gasteiger partial charge in [-0.3, -0.25) is 4.79 Å². The highest BCUT2D eigenvalue weighted by atomic mass is 35.5. The number of carbonyl (C=O) groups excluding carboxylic acids is 1. The number of hydrogen-bond donors (Lipinski definition) is 1. The Morgan fingerprint density at radius 1 is 1.20 bits per heavy atom. The Morgan fingerprint density at radius 2 is 1.90 bits per heavy atom. The summed E-state index contributed by atoms with van der Waals surface area (Å²) in [7, 11) is 0. The van der Waals surface area contributed by atoms with E-state index in [0.29, 0.717) is 18.5 Å². The monoisotopic (exact) mass is 291 g/mol. The van der Waals surface area contributed by atoms with Gasteiger partial charge in [0.2, 0.25) is 0 Å². The molecule has 0 aliphatic rings. The van der Waals surface area contributed by atoms with E-state index in [1.807, 2.05) is 19.1 Å². The van der Waals surface area contributed by atoms with Crippen LogP contribution in [0.5, 0.6) is 0 Å². The summed E-state index contributed by atoms with van der Waals surface area (Å²) in [6.07, 6.45) is 0.501. The molecule has 2 aromatic rings. The molecule has 2 nitrogen and oxygen atoms in total. The maximum absolute atomic E-state index is 13.0. The minimum absolute atomic E-state index is 0.119. The van der Waals surface area contributed by atoms with Crippen LogP contribution in [0, 0.1) is 5.82 Å². The van der Waals surface area contributed by atoms with Crippen LogP contribution in [0.15, 0.2) is 42.5 Å². The number of halogens is 2. The molecule has 0 saturated carbocycles. The molecule has 0 aliphatic carbocycles. The van der Waals surface area contributed by atoms with Crippen molar-refractivity contribution in [3.05, 3.63) is 64.4 Å². The van der Waals surface area contributed by atoms with Crippen LogP contribution in [0.25, 0.3) is 0 Å². The van der Waals surface area contributed by atoms with Crippen LogP contribution in [0.2, 0.25) is 5.02 Å². The van der Waals surface area contributed by atoms with Gasteiger partial charge in [0, 0.05) is 24.2 Å². The summed E-state index contributed by atoms with van der Waals surface area (Å²) in [6.45, 7) is 2.38. The van der Waals surface area contributed by atoms with Crippen molar-refractivity contribution in [3.8, 4) is 0 Å². The first kappa shape index (κ1) is 14.5. The van der Waals surface area contributed by atoms with Gasteiger partial charge in [-0.25, -0.2) is 4.39 Å². The van der Waals surface area contributed by atoms with E-state index in [9.17, 15) is 9.18 Å². The quantitative estimate of drug-likeness (QED) is 0.810. The van der Waals surface area contributed by atoms with Crippen molar-refractivity contribution >= 4 is 23.1 Å². The van der Waals surface area contributed by atoms with Gasteiger partial charge in [-0.05, 0) is 42.0 Å². The van der Waals surface area contributed by atoms with Crippen LogP contribution in [0.4, 0.5) is 10.1 Å². The van der Waals surface area contributed by atoms with Gasteiger partial charge in [-0.2, -0.15) is 0 Å². The van der Waals surface area contributed by atoms with E-state index in [1.54, 1.807) is 24.3 Å². The van der Waals surface area contributed by atoms with Crippen LogP contribution in [0.1, 0.15) is 29.3 Å². The number of nitrogens with one attached hydrogen (secondary N) is 1. The van der Waals surface area contributed by atoms with Crippen molar-refractivity contribution in [1.82, 2.24) is 0 Å². The molecule has 0 saturated heterocycles. The van der Waals surface area contributed by atoms with Crippen molar-refractivity contribution in [2.45, 2.75) is 19.9 Å². The second-order valence-corrected chi connectivity index (χ2v) is 4.86. The first-order chi connectivity index (χ1) is 9.60. The molecule has 104 valence electrons. The van der Waals surface area contributed by atoms with Gasteiger partial charge in [-0.1, -0.05) is 24.6 Å². The summed E-state index contributed by atoms with van der Waals surface area (Å²) >= 11 is 5.73. The van der Waals surface area contributed by atoms with Gasteiger partial charge in [0.15, 0.2) is 5.78 Å². The zero-order valence-electron chi connectivity index (χ0n) is 11.1. The average molecular weight is 292 g/mol. The Morgan fingerprint density at radius 3 is 2.50 bits per heavy atom. The Hall–Kier alpha value is -1.87. The summed E-state index contributed by atoms with van der Waals surface area (Å²) in [5, 5.41) is 3.32. The van der Waals surface area contributed by atoms with E-state index in [4.69, 9.17) is 11.6 Å². The zero-order chi connectivity index (χ0) is 14.5. The van der Waals surface area contributed by atoms with Gasteiger partial charge in [-0.15, -0.1) is 0 Å². The number of carbonyl (C=O) groups is 1. The molecule has 0 aliphatic heterocycles. The van der Waals surface area contributed by atoms with Crippen LogP contribution < -0.4 is 5.32 Å². The minimum atomic E-state index is -0.419. The fraction of sp³-hybridized carbons (Fsp3) is 0.188. The second kappa shape index (κ2) is 6.53. The van der Waals surface area contributed by atoms with Gasteiger partial charge >= 0.3 is 0 Å². The highest BCUT2D eigenvalue weighted by molar-refractivity contribution is 6.30. The smallest absolute Gasteiger partial charge is 0.162 e. The molecule has 4 heteroatoms. The molecule has 2 aromatic carbocycles. The van der Waals surface area contributed by atoms with E-state index in [2.05, 4.69) is 5.32 Å². The van der Waals surface area contributed by atoms with Gasteiger partial charge in [0.1, 0.15) is 5.82 Å². The number of ketones is 1. The van der Waals surface area contributed by atoms with E-state index in [-0.39, 0.29) is 10.8 Å². The first-order valence-corrected chi connectivity index (χ1v) is 6.79. The standard InChI is InChI=1S/C16H15ClFNO/c1-2-16(20)12-4-6-13(7-5-12)19-10-11-3-8-15(18)14(17)9-11/h3-9,19H,2,10H2,1H3. The van der Waals surface area contributed by atoms with Crippen LogP contribution in [-0.2, 0) is 6.54 Å². The maximum Gasteiger partial charge on any atom is 0.162 e. The molecular formula is C16H15ClFNO. The van der Waals surface area contributed by atoms with E-state index in [0.717, 1.165) is 11.3 Å². The largest absolute Gasteiger partial charge is 0.381 e. The van der Waals surface area contributed by atoms with Crippen LogP contribution in [-0.4, -0.2) is 5.78 Å². The first-order valence-electron chi connectivity index (χ1n) is 6.41. The van der Waals surface area contributed by atoms with Crippen LogP contribution >= 0.6 is 11.6 Å². The van der Waals surface area contributed by atoms with Crippen molar-refractivity contribution in [2.24, 2.45) is 0 Å². The molecule has 0 aromatic heterocycles. The van der Waals surface area contributed by atoms with E-state index in [1.165, 1.54) is 6.07 Å². The summed E-state index contributed by atoms with van der Waals surface area (Å²) in [4.78, 5) is 11.5. The third kappa shape index (κ3) is 3.58. The normalized spacial score (nSPS) is 10.3. The predicted octanol–water partition coefficient (Wildman–Crippen LogP) is 4.68. The molecular weight excluding hydrogens is 277 g/mol. The van der Waals surface area contributed by atoms with E-state index < -0.39 is 5.82 Å². The van der Waals surface area contributed by atoms with Gasteiger partial charge in [0.05, 0.1) is 5.02 Å². The Balaban J connectivity index is 2.00. The lowest BCUT2D eigenvalue weighted by Crippen LogP contribution is -2.01. The Labute approximate surface area is 122 Å². The molecule has 2 rings (SSSR count). The molecule has 0 fully saturated rings. The highest BCUT2D eigenvalue weighted by Crippen LogP contribution is 2.17. The lowest BCUT2D eigenvalue weighted by Gasteiger charge is -2.08. The lowest BCUT2D eigenvalue weighted by atomic mass is 10.1. The second-order valence-electron chi connectivity index (χ2n) is 4.46. The molecule has 20 heavy (non-hydrogen) atoms. The molecule has 0 atom stereocenters. The zero-order valence-corrected chi connectivity index (χ0v) is 11.9. The number of benzene rings is 2. The summed E-state index contributed by atoms with van der Waals surface area (Å²) in [6, 6.07) is 11.9. The molecule has 0 spiro atoms. The highest BCUT2D eigenvalue weighted by Gasteiger charge is 2.03. The fourth-order valence-corrected chi connectivity index (χ4v) is 2.03. The van der Waals surface area contributed by atoms with Crippen molar-refractivity contribution in [3.63, 3.8) is 0 Å². The lowest BCUT2D eigenvalue weighted by molar-refractivity contribution is 0.0988. The Bertz CT molecular complexity index is 610. The van der Waals surface area contributed by atoms with E-state index >= 15 is 0 Å². The molecule has 0 radical (unpaired) electrons. The topological polar surface area (TPSA) is 29.1 Å². The van der Waals surface area contributed by atoms with Gasteiger partial charge < -0.3 is 5.32 Å². The predicted molar refractivity (Wildman–Crippen MR) is 79.8 cm³/mol. The minimum Gasteiger partial charge on any atom is -0.381 e. The molecule has 0 amide bonds. The SMILES string of the molecule is CCC(=O)c1ccc(NCc2ccc(F)c(Cl)c2)cc1. The number of hydrogen-bond acceptors (Lipinski definition) is 2. The molecule has 0 unspecified atom stereocenters.